The number of aliphatic imine (C=N–C) groups is 1. The minimum Gasteiger partial charge on any atom is -0.495 e. The third-order valence-corrected chi connectivity index (χ3v) is 12.3. The zero-order valence-electron chi connectivity index (χ0n) is 33.8. The molecule has 1 aromatic rings. The van der Waals surface area contributed by atoms with Crippen LogP contribution >= 0.6 is 0 Å². The van der Waals surface area contributed by atoms with E-state index in [-0.39, 0.29) is 17.7 Å². The Bertz CT molecular complexity index is 1340. The fraction of sp³-hybridized carbons (Fsp3) is 0.756. The number of nitrogens with one attached hydrogen (secondary N) is 2. The first-order valence-electron chi connectivity index (χ1n) is 20.4. The minimum atomic E-state index is -0.557. The van der Waals surface area contributed by atoms with E-state index in [9.17, 15) is 9.59 Å². The first kappa shape index (κ1) is 42.5. The maximum absolute atomic E-state index is 12.9. The van der Waals surface area contributed by atoms with Gasteiger partial charge in [0, 0.05) is 75.8 Å². The van der Waals surface area contributed by atoms with Crippen molar-refractivity contribution in [1.29, 1.82) is 0 Å². The van der Waals surface area contributed by atoms with E-state index in [1.807, 2.05) is 32.2 Å². The Morgan fingerprint density at radius 1 is 1.08 bits per heavy atom. The summed E-state index contributed by atoms with van der Waals surface area (Å²) in [5.41, 5.74) is 14.2. The number of hydrogen-bond acceptors (Lipinski definition) is 9. The summed E-state index contributed by atoms with van der Waals surface area (Å²) < 4.78 is 5.55. The summed E-state index contributed by atoms with van der Waals surface area (Å²) in [5, 5.41) is 13.2. The molecule has 4 rings (SSSR count). The van der Waals surface area contributed by atoms with Crippen LogP contribution in [0.15, 0.2) is 28.3 Å². The molecule has 0 radical (unpaired) electrons. The molecule has 1 heterocycles. The molecule has 6 N–H and O–H groups in total. The van der Waals surface area contributed by atoms with E-state index in [2.05, 4.69) is 58.1 Å². The summed E-state index contributed by atoms with van der Waals surface area (Å²) in [7, 11) is 3.62. The highest BCUT2D eigenvalue weighted by Gasteiger charge is 2.33. The number of anilines is 1. The molecule has 0 bridgehead atoms. The fourth-order valence-corrected chi connectivity index (χ4v) is 9.11. The molecule has 2 aliphatic carbocycles. The molecule has 12 nitrogen and oxygen atoms in total. The molecule has 0 aromatic heterocycles. The number of rotatable bonds is 19. The van der Waals surface area contributed by atoms with Crippen molar-refractivity contribution in [3.05, 3.63) is 23.8 Å². The lowest BCUT2D eigenvalue weighted by Gasteiger charge is -2.43. The Morgan fingerprint density at radius 2 is 1.77 bits per heavy atom. The maximum Gasteiger partial charge on any atom is 0.222 e. The van der Waals surface area contributed by atoms with Crippen LogP contribution in [0.1, 0.15) is 98.0 Å². The average molecular weight is 738 g/mol. The minimum absolute atomic E-state index is 0.0852. The Morgan fingerprint density at radius 3 is 2.42 bits per heavy atom. The van der Waals surface area contributed by atoms with Gasteiger partial charge in [-0.15, -0.1) is 0 Å². The lowest BCUT2D eigenvalue weighted by atomic mass is 9.84. The first-order chi connectivity index (χ1) is 25.4. The van der Waals surface area contributed by atoms with Gasteiger partial charge in [0.05, 0.1) is 24.8 Å². The zero-order valence-corrected chi connectivity index (χ0v) is 33.8. The number of ether oxygens (including phenoxy) is 1. The SMILES string of the molecule is COc1cc(/C(=N/N(C)C2CCC(N3CCN(CCNC(=O)C(C)CCC4CC(C)CC4CC(C)C)CC3)CC2)C(C)C(N)/N=C\N)ccc1NC=O. The number of benzene rings is 1. The largest absolute Gasteiger partial charge is 0.495 e. The van der Waals surface area contributed by atoms with Gasteiger partial charge in [0.25, 0.3) is 0 Å². The van der Waals surface area contributed by atoms with E-state index in [0.29, 0.717) is 29.9 Å². The molecule has 0 spiro atoms. The molecule has 298 valence electrons. The first-order valence-corrected chi connectivity index (χ1v) is 20.4. The zero-order chi connectivity index (χ0) is 38.5. The molecule has 1 aliphatic heterocycles. The van der Waals surface area contributed by atoms with Gasteiger partial charge >= 0.3 is 0 Å². The van der Waals surface area contributed by atoms with Gasteiger partial charge in [-0.25, -0.2) is 0 Å². The Kier molecular flexibility index (Phi) is 16.9. The fourth-order valence-electron chi connectivity index (χ4n) is 9.11. The smallest absolute Gasteiger partial charge is 0.222 e. The van der Waals surface area contributed by atoms with Crippen molar-refractivity contribution in [2.75, 3.05) is 58.7 Å². The Labute approximate surface area is 319 Å². The Balaban J connectivity index is 1.21. The third kappa shape index (κ3) is 12.4. The summed E-state index contributed by atoms with van der Waals surface area (Å²) in [6.45, 7) is 17.1. The standard InChI is InChI=1S/C41H71N9O3/c1-28(2)22-34-24-29(3)23-32(34)9-8-30(4)41(52)44-16-17-49-18-20-50(21-19-49)36-13-11-35(12-14-36)48(6)47-39(31(5)40(43)45-26-42)33-10-15-37(46-27-51)38(25-33)53-7/h10,15,25-32,34-36,40H,8-9,11-14,16-24,43H2,1-7H3,(H2,42,45)(H,44,52)(H,46,51)/b47-39+. The van der Waals surface area contributed by atoms with Gasteiger partial charge in [-0.05, 0) is 93.6 Å². The maximum atomic E-state index is 12.9. The average Bonchev–Trinajstić information content (AvgIpc) is 3.50. The number of nitrogens with two attached hydrogens (primary N) is 2. The topological polar surface area (TPSA) is 154 Å². The summed E-state index contributed by atoms with van der Waals surface area (Å²) in [4.78, 5) is 33.4. The lowest BCUT2D eigenvalue weighted by Crippen LogP contribution is -2.53. The van der Waals surface area contributed by atoms with Crippen LogP contribution < -0.4 is 26.8 Å². The molecule has 3 fully saturated rings. The molecule has 2 amide bonds. The number of carbonyl (C=O) groups is 2. The van der Waals surface area contributed by atoms with Gasteiger partial charge < -0.3 is 26.8 Å². The highest BCUT2D eigenvalue weighted by molar-refractivity contribution is 6.03. The predicted octanol–water partition coefficient (Wildman–Crippen LogP) is 4.98. The lowest BCUT2D eigenvalue weighted by molar-refractivity contribution is -0.124. The molecule has 6 unspecified atom stereocenters. The van der Waals surface area contributed by atoms with Crippen LogP contribution in [0.2, 0.25) is 0 Å². The normalized spacial score (nSPS) is 26.4. The second kappa shape index (κ2) is 21.0. The number of hydrazone groups is 1. The number of methoxy groups -OCH3 is 1. The van der Waals surface area contributed by atoms with Crippen molar-refractivity contribution in [1.82, 2.24) is 20.1 Å². The molecule has 3 aliphatic rings. The van der Waals surface area contributed by atoms with Crippen LogP contribution in [0.5, 0.6) is 5.75 Å². The van der Waals surface area contributed by atoms with Crippen molar-refractivity contribution in [2.24, 2.45) is 57.1 Å². The molecule has 1 saturated heterocycles. The van der Waals surface area contributed by atoms with Gasteiger partial charge in [-0.2, -0.15) is 5.10 Å². The summed E-state index contributed by atoms with van der Waals surface area (Å²) in [6, 6.07) is 6.51. The van der Waals surface area contributed by atoms with Gasteiger partial charge in [-0.1, -0.05) is 40.7 Å². The Hall–Kier alpha value is -3.22. The van der Waals surface area contributed by atoms with Crippen LogP contribution in [0.3, 0.4) is 0 Å². The summed E-state index contributed by atoms with van der Waals surface area (Å²) >= 11 is 0. The monoisotopic (exact) mass is 738 g/mol. The van der Waals surface area contributed by atoms with Gasteiger partial charge in [0.15, 0.2) is 0 Å². The van der Waals surface area contributed by atoms with Crippen molar-refractivity contribution in [3.8, 4) is 5.75 Å². The van der Waals surface area contributed by atoms with Crippen molar-refractivity contribution < 1.29 is 14.3 Å². The van der Waals surface area contributed by atoms with Crippen LogP contribution in [0.25, 0.3) is 0 Å². The summed E-state index contributed by atoms with van der Waals surface area (Å²) in [6.07, 6.45) is 11.9. The van der Waals surface area contributed by atoms with E-state index in [1.54, 1.807) is 7.11 Å². The van der Waals surface area contributed by atoms with Crippen molar-refractivity contribution in [3.63, 3.8) is 0 Å². The van der Waals surface area contributed by atoms with E-state index < -0.39 is 6.17 Å². The number of piperazine rings is 1. The molecular formula is C41H71N9O3. The van der Waals surface area contributed by atoms with Crippen LogP contribution in [0, 0.1) is 35.5 Å². The highest BCUT2D eigenvalue weighted by atomic mass is 16.5. The highest BCUT2D eigenvalue weighted by Crippen LogP contribution is 2.42. The summed E-state index contributed by atoms with van der Waals surface area (Å²) in [5.74, 6) is 3.85. The molecular weight excluding hydrogens is 667 g/mol. The van der Waals surface area contributed by atoms with Crippen LogP contribution in [-0.2, 0) is 9.59 Å². The van der Waals surface area contributed by atoms with Gasteiger partial charge in [-0.3, -0.25) is 29.4 Å². The van der Waals surface area contributed by atoms with Crippen LogP contribution in [0.4, 0.5) is 5.69 Å². The van der Waals surface area contributed by atoms with E-state index in [0.717, 1.165) is 106 Å². The second-order valence-electron chi connectivity index (χ2n) is 16.6. The third-order valence-electron chi connectivity index (χ3n) is 12.3. The number of nitrogens with zero attached hydrogens (tertiary/aromatic N) is 5. The van der Waals surface area contributed by atoms with Gasteiger partial charge in [0.1, 0.15) is 11.9 Å². The number of hydrogen-bond donors (Lipinski definition) is 4. The molecule has 1 aromatic carbocycles. The predicted molar refractivity (Wildman–Crippen MR) is 217 cm³/mol. The van der Waals surface area contributed by atoms with E-state index >= 15 is 0 Å². The second-order valence-corrected chi connectivity index (χ2v) is 16.6. The molecule has 12 heteroatoms. The molecule has 2 saturated carbocycles. The number of amides is 2. The van der Waals surface area contributed by atoms with Gasteiger partial charge in [0.2, 0.25) is 12.3 Å². The van der Waals surface area contributed by atoms with Crippen molar-refractivity contribution >= 4 is 30.1 Å². The van der Waals surface area contributed by atoms with E-state index in [1.165, 1.54) is 32.0 Å². The molecule has 6 atom stereocenters. The van der Waals surface area contributed by atoms with E-state index in [4.69, 9.17) is 21.3 Å². The molecule has 53 heavy (non-hydrogen) atoms. The number of carbonyl (C=O) groups excluding carboxylic acids is 2. The quantitative estimate of drug-likeness (QED) is 0.0672. The van der Waals surface area contributed by atoms with Crippen molar-refractivity contribution in [2.45, 2.75) is 111 Å². The van der Waals surface area contributed by atoms with Crippen LogP contribution in [-0.4, -0.2) is 111 Å².